The van der Waals surface area contributed by atoms with Crippen LogP contribution in [0.5, 0.6) is 5.75 Å². The third-order valence-electron chi connectivity index (χ3n) is 8.49. The summed E-state index contributed by atoms with van der Waals surface area (Å²) in [5, 5.41) is 0. The number of carbonyl (C=O) groups excluding carboxylic acids is 2. The Morgan fingerprint density at radius 2 is 1.67 bits per heavy atom. The minimum atomic E-state index is -0.279. The van der Waals surface area contributed by atoms with Crippen molar-refractivity contribution in [1.29, 1.82) is 0 Å². The lowest BCUT2D eigenvalue weighted by Gasteiger charge is -2.33. The number of hydrogen-bond donors (Lipinski definition) is 0. The topological polar surface area (TPSA) is 61.8 Å². The van der Waals surface area contributed by atoms with Crippen LogP contribution in [0.2, 0.25) is 0 Å². The first-order chi connectivity index (χ1) is 21.1. The van der Waals surface area contributed by atoms with E-state index in [0.29, 0.717) is 30.4 Å². The maximum Gasteiger partial charge on any atom is 0.337 e. The molecule has 5 nitrogen and oxygen atoms in total. The first-order valence-corrected chi connectivity index (χ1v) is 15.6. The minimum absolute atomic E-state index is 0.130. The van der Waals surface area contributed by atoms with Crippen molar-refractivity contribution in [1.82, 2.24) is 0 Å². The Hall–Kier alpha value is -4.04. The van der Waals surface area contributed by atoms with Gasteiger partial charge in [0, 0.05) is 12.0 Å². The van der Waals surface area contributed by atoms with E-state index in [1.165, 1.54) is 30.9 Å². The quantitative estimate of drug-likeness (QED) is 0.110. The minimum Gasteiger partial charge on any atom is -0.481 e. The van der Waals surface area contributed by atoms with E-state index in [1.807, 2.05) is 54.6 Å². The fourth-order valence-electron chi connectivity index (χ4n) is 6.23. The predicted octanol–water partition coefficient (Wildman–Crippen LogP) is 8.09. The van der Waals surface area contributed by atoms with Gasteiger partial charge in [-0.1, -0.05) is 73.6 Å². The van der Waals surface area contributed by atoms with Crippen LogP contribution >= 0.6 is 0 Å². The van der Waals surface area contributed by atoms with E-state index in [-0.39, 0.29) is 11.9 Å². The van der Waals surface area contributed by atoms with Crippen LogP contribution in [0.25, 0.3) is 0 Å². The number of unbranched alkanes of at least 4 members (excludes halogenated alkanes) is 3. The molecule has 2 unspecified atom stereocenters. The number of benzene rings is 3. The molecule has 0 amide bonds. The normalized spacial score (nSPS) is 14.5. The van der Waals surface area contributed by atoms with Gasteiger partial charge in [-0.2, -0.15) is 0 Å². The summed E-state index contributed by atoms with van der Waals surface area (Å²) in [5.74, 6) is 7.77. The Morgan fingerprint density at radius 1 is 0.884 bits per heavy atom. The van der Waals surface area contributed by atoms with Crippen LogP contribution in [-0.4, -0.2) is 32.8 Å². The number of esters is 2. The number of ether oxygens (including phenoxy) is 3. The third kappa shape index (κ3) is 9.75. The van der Waals surface area contributed by atoms with Gasteiger partial charge >= 0.3 is 11.9 Å². The standard InChI is InChI=1S/C38H44O5/c1-41-37(39)22-9-4-3-8-17-30(34-20-12-19-32-28-33(38(40)42-2)25-26-35(32)34)23-24-31-18-10-11-21-36(31)43-27-13-16-29-14-6-5-7-15-29/h5-7,10-11,14-15,18,21,25-26,28,30,34H,3-4,8-9,12,17,19-20,22-24,27H2,1-2H3. The Bertz CT molecular complexity index is 1380. The zero-order chi connectivity index (χ0) is 30.3. The second-order valence-corrected chi connectivity index (χ2v) is 11.3. The summed E-state index contributed by atoms with van der Waals surface area (Å²) in [6.07, 6.45) is 11.0. The molecule has 1 aliphatic carbocycles. The highest BCUT2D eigenvalue weighted by molar-refractivity contribution is 5.89. The van der Waals surface area contributed by atoms with Gasteiger partial charge in [0.25, 0.3) is 0 Å². The van der Waals surface area contributed by atoms with E-state index in [4.69, 9.17) is 14.2 Å². The van der Waals surface area contributed by atoms with Crippen molar-refractivity contribution in [2.24, 2.45) is 5.92 Å². The molecule has 5 heteroatoms. The first kappa shape index (κ1) is 31.9. The van der Waals surface area contributed by atoms with Crippen LogP contribution in [0.1, 0.15) is 96.3 Å². The fraction of sp³-hybridized carbons (Fsp3) is 0.421. The van der Waals surface area contributed by atoms with Crippen LogP contribution in [0, 0.1) is 17.8 Å². The molecule has 4 rings (SSSR count). The smallest absolute Gasteiger partial charge is 0.337 e. The zero-order valence-electron chi connectivity index (χ0n) is 25.6. The number of rotatable bonds is 14. The van der Waals surface area contributed by atoms with Crippen LogP contribution in [0.15, 0.2) is 72.8 Å². The van der Waals surface area contributed by atoms with Gasteiger partial charge in [0.2, 0.25) is 0 Å². The van der Waals surface area contributed by atoms with E-state index in [1.54, 1.807) is 0 Å². The molecule has 0 bridgehead atoms. The highest BCUT2D eigenvalue weighted by Gasteiger charge is 2.28. The van der Waals surface area contributed by atoms with Crippen LogP contribution in [0.3, 0.4) is 0 Å². The van der Waals surface area contributed by atoms with Gasteiger partial charge in [-0.25, -0.2) is 4.79 Å². The molecule has 0 saturated heterocycles. The lowest BCUT2D eigenvalue weighted by atomic mass is 9.72. The summed E-state index contributed by atoms with van der Waals surface area (Å²) in [7, 11) is 2.88. The molecule has 3 aromatic carbocycles. The molecule has 0 saturated carbocycles. The molecule has 0 spiro atoms. The van der Waals surface area contributed by atoms with Gasteiger partial charge in [0.15, 0.2) is 0 Å². The Kier molecular flexibility index (Phi) is 12.7. The summed E-state index contributed by atoms with van der Waals surface area (Å²) in [6.45, 7) is 0.347. The molecule has 2 atom stereocenters. The maximum atomic E-state index is 12.2. The predicted molar refractivity (Wildman–Crippen MR) is 170 cm³/mol. The first-order valence-electron chi connectivity index (χ1n) is 15.6. The number of methoxy groups -OCH3 is 2. The van der Waals surface area contributed by atoms with Crippen LogP contribution in [0.4, 0.5) is 0 Å². The van der Waals surface area contributed by atoms with Gasteiger partial charge < -0.3 is 14.2 Å². The molecule has 0 fully saturated rings. The van der Waals surface area contributed by atoms with E-state index in [9.17, 15) is 9.59 Å². The van der Waals surface area contributed by atoms with Crippen molar-refractivity contribution in [2.75, 3.05) is 20.8 Å². The Balaban J connectivity index is 1.44. The highest BCUT2D eigenvalue weighted by atomic mass is 16.5. The SMILES string of the molecule is COC(=O)CCCCCCC(CCc1ccccc1OCC#Cc1ccccc1)C1CCCc2cc(C(=O)OC)ccc21. The average Bonchev–Trinajstić information content (AvgIpc) is 3.06. The molecule has 0 heterocycles. The number of para-hydroxylation sites is 1. The summed E-state index contributed by atoms with van der Waals surface area (Å²) in [6, 6.07) is 24.4. The summed E-state index contributed by atoms with van der Waals surface area (Å²) >= 11 is 0. The molecule has 0 aromatic heterocycles. The van der Waals surface area contributed by atoms with Crippen molar-refractivity contribution in [3.63, 3.8) is 0 Å². The molecule has 226 valence electrons. The van der Waals surface area contributed by atoms with Crippen molar-refractivity contribution >= 4 is 11.9 Å². The number of fused-ring (bicyclic) bond motifs is 1. The van der Waals surface area contributed by atoms with E-state index >= 15 is 0 Å². The van der Waals surface area contributed by atoms with Crippen LogP contribution in [-0.2, 0) is 27.1 Å². The molecule has 1 aliphatic rings. The average molecular weight is 581 g/mol. The van der Waals surface area contributed by atoms with E-state index in [2.05, 4.69) is 30.0 Å². The molecular formula is C38H44O5. The molecule has 43 heavy (non-hydrogen) atoms. The monoisotopic (exact) mass is 580 g/mol. The highest BCUT2D eigenvalue weighted by Crippen LogP contribution is 2.42. The molecule has 3 aromatic rings. The van der Waals surface area contributed by atoms with Crippen LogP contribution < -0.4 is 4.74 Å². The van der Waals surface area contributed by atoms with Gasteiger partial charge in [0.1, 0.15) is 12.4 Å². The third-order valence-corrected chi connectivity index (χ3v) is 8.49. The van der Waals surface area contributed by atoms with Crippen molar-refractivity contribution in [3.8, 4) is 17.6 Å². The lowest BCUT2D eigenvalue weighted by Crippen LogP contribution is -2.20. The van der Waals surface area contributed by atoms with Gasteiger partial charge in [-0.15, -0.1) is 0 Å². The molecule has 0 N–H and O–H groups in total. The number of carbonyl (C=O) groups is 2. The lowest BCUT2D eigenvalue weighted by molar-refractivity contribution is -0.140. The van der Waals surface area contributed by atoms with Crippen molar-refractivity contribution in [2.45, 2.75) is 76.5 Å². The molecule has 0 aliphatic heterocycles. The fourth-order valence-corrected chi connectivity index (χ4v) is 6.23. The summed E-state index contributed by atoms with van der Waals surface area (Å²) < 4.78 is 15.9. The molecule has 0 radical (unpaired) electrons. The molecular weight excluding hydrogens is 536 g/mol. The number of hydrogen-bond acceptors (Lipinski definition) is 5. The van der Waals surface area contributed by atoms with Gasteiger partial charge in [0.05, 0.1) is 19.8 Å². The van der Waals surface area contributed by atoms with E-state index in [0.717, 1.165) is 75.5 Å². The largest absolute Gasteiger partial charge is 0.481 e. The van der Waals surface area contributed by atoms with Gasteiger partial charge in [-0.05, 0) is 104 Å². The zero-order valence-corrected chi connectivity index (χ0v) is 25.6. The maximum absolute atomic E-state index is 12.2. The summed E-state index contributed by atoms with van der Waals surface area (Å²) in [4.78, 5) is 23.7. The number of aryl methyl sites for hydroxylation is 2. The van der Waals surface area contributed by atoms with E-state index < -0.39 is 0 Å². The second-order valence-electron chi connectivity index (χ2n) is 11.3. The summed E-state index contributed by atoms with van der Waals surface area (Å²) in [5.41, 5.74) is 5.49. The second kappa shape index (κ2) is 17.2. The Morgan fingerprint density at radius 3 is 2.49 bits per heavy atom. The van der Waals surface area contributed by atoms with Crippen molar-refractivity contribution in [3.05, 3.63) is 101 Å². The van der Waals surface area contributed by atoms with Crippen molar-refractivity contribution < 1.29 is 23.8 Å². The Labute approximate surface area is 257 Å². The van der Waals surface area contributed by atoms with Gasteiger partial charge in [-0.3, -0.25) is 4.79 Å².